The topological polar surface area (TPSA) is 9.86 Å². The van der Waals surface area contributed by atoms with Crippen molar-refractivity contribution in [3.63, 3.8) is 0 Å². The summed E-state index contributed by atoms with van der Waals surface area (Å²) in [6.45, 7) is 0. The maximum atomic E-state index is 2.41. The van der Waals surface area contributed by atoms with Crippen molar-refractivity contribution in [1.82, 2.24) is 9.13 Å². The molecule has 9 aromatic carbocycles. The highest BCUT2D eigenvalue weighted by Gasteiger charge is 2.18. The molecule has 0 saturated carbocycles. The molecule has 0 saturated heterocycles. The largest absolute Gasteiger partial charge is 0.309 e. The molecule has 0 fully saturated rings. The Balaban J connectivity index is 1.13. The number of para-hydroxylation sites is 3. The predicted octanol–water partition coefficient (Wildman–Crippen LogP) is 14.5. The highest BCUT2D eigenvalue weighted by molar-refractivity contribution is 6.13. The van der Waals surface area contributed by atoms with E-state index in [-0.39, 0.29) is 0 Å². The van der Waals surface area contributed by atoms with Gasteiger partial charge in [0.25, 0.3) is 0 Å². The van der Waals surface area contributed by atoms with Gasteiger partial charge < -0.3 is 9.13 Å². The molecule has 0 amide bonds. The molecule has 0 atom stereocenters. The molecule has 0 radical (unpaired) electrons. The molecule has 0 unspecified atom stereocenters. The van der Waals surface area contributed by atoms with Crippen molar-refractivity contribution in [1.29, 1.82) is 0 Å². The van der Waals surface area contributed by atoms with E-state index in [2.05, 4.69) is 228 Å². The summed E-state index contributed by atoms with van der Waals surface area (Å²) in [7, 11) is 0. The van der Waals surface area contributed by atoms with Gasteiger partial charge in [-0.2, -0.15) is 0 Å². The second-order valence-electron chi connectivity index (χ2n) is 14.5. The molecule has 0 aliphatic rings. The average Bonchev–Trinajstić information content (AvgIpc) is 3.79. The van der Waals surface area contributed by atoms with Crippen molar-refractivity contribution < 1.29 is 0 Å². The van der Waals surface area contributed by atoms with E-state index < -0.39 is 0 Å². The second kappa shape index (κ2) is 13.2. The Bertz CT molecular complexity index is 3210. The SMILES string of the molecule is c1ccc(-c2ccc(-c3ccccc3)c(-c3ccc4c(c3)c3cc(-c5ccc6c(c5)c5ccccc5n6-c5ccccc5)ccc3n4-c3ccccc3)c2)cc1. The third-order valence-corrected chi connectivity index (χ3v) is 11.3. The molecule has 0 aliphatic carbocycles. The van der Waals surface area contributed by atoms with Gasteiger partial charge in [0, 0.05) is 32.9 Å². The molecule has 0 N–H and O–H groups in total. The summed E-state index contributed by atoms with van der Waals surface area (Å²) < 4.78 is 4.79. The van der Waals surface area contributed by atoms with E-state index in [9.17, 15) is 0 Å². The minimum atomic E-state index is 1.15. The fourth-order valence-corrected chi connectivity index (χ4v) is 8.70. The van der Waals surface area contributed by atoms with Gasteiger partial charge in [-0.25, -0.2) is 0 Å². The normalized spacial score (nSPS) is 11.6. The minimum Gasteiger partial charge on any atom is -0.309 e. The number of hydrogen-bond acceptors (Lipinski definition) is 0. The van der Waals surface area contributed by atoms with Gasteiger partial charge in [0.1, 0.15) is 0 Å². The van der Waals surface area contributed by atoms with Crippen LogP contribution >= 0.6 is 0 Å². The average molecular weight is 713 g/mol. The lowest BCUT2D eigenvalue weighted by atomic mass is 9.90. The standard InChI is InChI=1S/C54H36N2/c1-5-15-37(16-6-1)39-25-29-45(38-17-7-2-8-18-38)47(33-39)42-28-32-54-50(36-42)49-35-41(27-31-53(49)56(54)44-21-11-4-12-22-44)40-26-30-52-48(34-40)46-23-13-14-24-51(46)55(52)43-19-9-3-10-20-43/h1-36H. The Labute approximate surface area is 325 Å². The summed E-state index contributed by atoms with van der Waals surface area (Å²) >= 11 is 0. The second-order valence-corrected chi connectivity index (χ2v) is 14.5. The van der Waals surface area contributed by atoms with Gasteiger partial charge in [0.15, 0.2) is 0 Å². The van der Waals surface area contributed by atoms with Crippen molar-refractivity contribution >= 4 is 43.6 Å². The summed E-state index contributed by atoms with van der Waals surface area (Å²) in [5.74, 6) is 0. The van der Waals surface area contributed by atoms with Crippen LogP contribution in [0.3, 0.4) is 0 Å². The van der Waals surface area contributed by atoms with Crippen LogP contribution in [0.4, 0.5) is 0 Å². The lowest BCUT2D eigenvalue weighted by molar-refractivity contribution is 1.18. The molecule has 262 valence electrons. The molecule has 2 heteroatoms. The number of fused-ring (bicyclic) bond motifs is 6. The third-order valence-electron chi connectivity index (χ3n) is 11.3. The van der Waals surface area contributed by atoms with E-state index in [1.54, 1.807) is 0 Å². The van der Waals surface area contributed by atoms with Crippen LogP contribution in [0.1, 0.15) is 0 Å². The fourth-order valence-electron chi connectivity index (χ4n) is 8.70. The van der Waals surface area contributed by atoms with Crippen molar-refractivity contribution in [3.05, 3.63) is 218 Å². The lowest BCUT2D eigenvalue weighted by Gasteiger charge is -2.14. The number of rotatable bonds is 6. The third kappa shape index (κ3) is 5.26. The van der Waals surface area contributed by atoms with Crippen LogP contribution in [0.2, 0.25) is 0 Å². The molecule has 0 spiro atoms. The molecule has 11 aromatic rings. The van der Waals surface area contributed by atoms with Gasteiger partial charge in [-0.05, 0) is 117 Å². The van der Waals surface area contributed by atoms with Gasteiger partial charge in [-0.15, -0.1) is 0 Å². The van der Waals surface area contributed by atoms with Crippen LogP contribution in [0.15, 0.2) is 218 Å². The summed E-state index contributed by atoms with van der Waals surface area (Å²) in [5, 5.41) is 4.97. The number of benzene rings is 9. The quantitative estimate of drug-likeness (QED) is 0.162. The first-order valence-corrected chi connectivity index (χ1v) is 19.3. The Morgan fingerprint density at radius 1 is 0.214 bits per heavy atom. The lowest BCUT2D eigenvalue weighted by Crippen LogP contribution is -1.93. The summed E-state index contributed by atoms with van der Waals surface area (Å²) in [6, 6.07) is 79.5. The number of aromatic nitrogens is 2. The number of nitrogens with zero attached hydrogens (tertiary/aromatic N) is 2. The molecule has 2 nitrogen and oxygen atoms in total. The first-order valence-electron chi connectivity index (χ1n) is 19.3. The van der Waals surface area contributed by atoms with Crippen molar-refractivity contribution in [2.24, 2.45) is 0 Å². The van der Waals surface area contributed by atoms with Gasteiger partial charge in [-0.1, -0.05) is 146 Å². The molecule has 0 bridgehead atoms. The predicted molar refractivity (Wildman–Crippen MR) is 237 cm³/mol. The molecule has 56 heavy (non-hydrogen) atoms. The molecule has 0 aliphatic heterocycles. The summed E-state index contributed by atoms with van der Waals surface area (Å²) in [4.78, 5) is 0. The van der Waals surface area contributed by atoms with Gasteiger partial charge in [0.2, 0.25) is 0 Å². The zero-order chi connectivity index (χ0) is 37.0. The highest BCUT2D eigenvalue weighted by atomic mass is 15.0. The highest BCUT2D eigenvalue weighted by Crippen LogP contribution is 2.42. The number of hydrogen-bond donors (Lipinski definition) is 0. The van der Waals surface area contributed by atoms with Gasteiger partial charge >= 0.3 is 0 Å². The molecule has 11 rings (SSSR count). The first kappa shape index (κ1) is 32.0. The summed E-state index contributed by atoms with van der Waals surface area (Å²) in [6.07, 6.45) is 0. The van der Waals surface area contributed by atoms with Crippen LogP contribution in [0, 0.1) is 0 Å². The fraction of sp³-hybridized carbons (Fsp3) is 0. The van der Waals surface area contributed by atoms with E-state index >= 15 is 0 Å². The smallest absolute Gasteiger partial charge is 0.0541 e. The molecule has 2 heterocycles. The van der Waals surface area contributed by atoms with Crippen molar-refractivity contribution in [2.45, 2.75) is 0 Å². The van der Waals surface area contributed by atoms with Crippen LogP contribution < -0.4 is 0 Å². The van der Waals surface area contributed by atoms with E-state index in [0.29, 0.717) is 0 Å². The van der Waals surface area contributed by atoms with E-state index in [1.807, 2.05) is 0 Å². The van der Waals surface area contributed by atoms with Gasteiger partial charge in [0.05, 0.1) is 22.1 Å². The Kier molecular flexibility index (Phi) is 7.53. The van der Waals surface area contributed by atoms with Crippen LogP contribution in [-0.4, -0.2) is 9.13 Å². The minimum absolute atomic E-state index is 1.15. The van der Waals surface area contributed by atoms with Crippen LogP contribution in [-0.2, 0) is 0 Å². The molecule has 2 aromatic heterocycles. The van der Waals surface area contributed by atoms with Crippen LogP contribution in [0.5, 0.6) is 0 Å². The van der Waals surface area contributed by atoms with Crippen molar-refractivity contribution in [2.75, 3.05) is 0 Å². The molecular formula is C54H36N2. The Morgan fingerprint density at radius 3 is 1.18 bits per heavy atom. The van der Waals surface area contributed by atoms with Crippen molar-refractivity contribution in [3.8, 4) is 55.9 Å². The maximum Gasteiger partial charge on any atom is 0.0541 e. The van der Waals surface area contributed by atoms with Crippen LogP contribution in [0.25, 0.3) is 99.5 Å². The zero-order valence-corrected chi connectivity index (χ0v) is 30.7. The Morgan fingerprint density at radius 2 is 0.607 bits per heavy atom. The zero-order valence-electron chi connectivity index (χ0n) is 30.7. The first-order chi connectivity index (χ1) is 27.8. The van der Waals surface area contributed by atoms with E-state index in [0.717, 1.165) is 5.69 Å². The summed E-state index contributed by atoms with van der Waals surface area (Å²) in [5.41, 5.74) is 16.8. The van der Waals surface area contributed by atoms with E-state index in [1.165, 1.54) is 93.8 Å². The Hall–Kier alpha value is -7.42. The van der Waals surface area contributed by atoms with E-state index in [4.69, 9.17) is 0 Å². The molecular weight excluding hydrogens is 677 g/mol. The van der Waals surface area contributed by atoms with Gasteiger partial charge in [-0.3, -0.25) is 0 Å². The maximum absolute atomic E-state index is 2.41. The monoisotopic (exact) mass is 712 g/mol.